The molecule has 0 aromatic heterocycles. The number of primary amides is 1. The number of aryl methyl sites for hydroxylation is 2. The number of alkyl carbamates (subject to hydrolysis) is 1. The lowest BCUT2D eigenvalue weighted by atomic mass is 10.00. The van der Waals surface area contributed by atoms with Gasteiger partial charge in [-0.1, -0.05) is 67.8 Å². The summed E-state index contributed by atoms with van der Waals surface area (Å²) in [5.74, 6) is -1.77. The van der Waals surface area contributed by atoms with Crippen LogP contribution in [0.4, 0.5) is 10.5 Å². The van der Waals surface area contributed by atoms with Crippen molar-refractivity contribution in [1.29, 1.82) is 0 Å². The van der Waals surface area contributed by atoms with Gasteiger partial charge in [0.2, 0.25) is 11.8 Å². The van der Waals surface area contributed by atoms with Gasteiger partial charge < -0.3 is 26.0 Å². The van der Waals surface area contributed by atoms with Gasteiger partial charge in [-0.25, -0.2) is 4.79 Å². The Balaban J connectivity index is 2.54. The van der Waals surface area contributed by atoms with Crippen molar-refractivity contribution in [3.63, 3.8) is 0 Å². The van der Waals surface area contributed by atoms with E-state index in [0.29, 0.717) is 17.7 Å². The lowest BCUT2D eigenvalue weighted by Gasteiger charge is -2.34. The zero-order valence-corrected chi connectivity index (χ0v) is 23.9. The molecule has 2 aromatic carbocycles. The van der Waals surface area contributed by atoms with Crippen molar-refractivity contribution in [2.24, 2.45) is 5.73 Å². The monoisotopic (exact) mass is 538 g/mol. The molecule has 0 saturated carbocycles. The molecule has 2 atom stereocenters. The number of anilines is 1. The number of nitrogens with two attached hydrogens (primary N) is 1. The van der Waals surface area contributed by atoms with E-state index >= 15 is 0 Å². The summed E-state index contributed by atoms with van der Waals surface area (Å²) < 4.78 is 5.32. The van der Waals surface area contributed by atoms with Crippen LogP contribution in [0.5, 0.6) is 0 Å². The van der Waals surface area contributed by atoms with Crippen LogP contribution >= 0.6 is 0 Å². The van der Waals surface area contributed by atoms with Crippen molar-refractivity contribution in [2.75, 3.05) is 11.9 Å². The molecule has 39 heavy (non-hydrogen) atoms. The van der Waals surface area contributed by atoms with Gasteiger partial charge in [-0.05, 0) is 58.2 Å². The van der Waals surface area contributed by atoms with Gasteiger partial charge in [0.05, 0.1) is 6.42 Å². The molecule has 9 heteroatoms. The standard InChI is InChI=1S/C30H42N4O5/c1-7-8-11-18-34(28(37)24(19-25(31)35)33-29(38)39-30(4,5)6)26(22-16-14-20(2)15-17-22)27(36)32-23-13-10-9-12-21(23)3/h9-10,12-17,24,26H,7-8,11,18-19H2,1-6H3,(H2,31,35)(H,32,36)(H,33,38). The maximum Gasteiger partial charge on any atom is 0.408 e. The predicted molar refractivity (Wildman–Crippen MR) is 152 cm³/mol. The normalized spacial score (nSPS) is 12.7. The fourth-order valence-electron chi connectivity index (χ4n) is 4.09. The van der Waals surface area contributed by atoms with Crippen molar-refractivity contribution in [3.05, 3.63) is 65.2 Å². The summed E-state index contributed by atoms with van der Waals surface area (Å²) in [6.07, 6.45) is 1.05. The minimum Gasteiger partial charge on any atom is -0.444 e. The number of carbonyl (C=O) groups is 4. The number of benzene rings is 2. The van der Waals surface area contributed by atoms with Gasteiger partial charge in [0.15, 0.2) is 0 Å². The summed E-state index contributed by atoms with van der Waals surface area (Å²) in [7, 11) is 0. The number of carbonyl (C=O) groups excluding carboxylic acids is 4. The summed E-state index contributed by atoms with van der Waals surface area (Å²) in [4.78, 5) is 53.9. The van der Waals surface area contributed by atoms with E-state index in [9.17, 15) is 19.2 Å². The molecule has 9 nitrogen and oxygen atoms in total. The number of hydrogen-bond acceptors (Lipinski definition) is 5. The van der Waals surface area contributed by atoms with Crippen molar-refractivity contribution in [1.82, 2.24) is 10.2 Å². The first kappa shape index (κ1) is 31.3. The molecule has 2 unspecified atom stereocenters. The highest BCUT2D eigenvalue weighted by Crippen LogP contribution is 2.27. The first-order chi connectivity index (χ1) is 18.3. The highest BCUT2D eigenvalue weighted by molar-refractivity contribution is 6.00. The van der Waals surface area contributed by atoms with Gasteiger partial charge in [-0.3, -0.25) is 14.4 Å². The van der Waals surface area contributed by atoms with E-state index in [2.05, 4.69) is 10.6 Å². The Morgan fingerprint density at radius 1 is 0.974 bits per heavy atom. The summed E-state index contributed by atoms with van der Waals surface area (Å²) in [5.41, 5.74) is 7.74. The van der Waals surface area contributed by atoms with Gasteiger partial charge in [0, 0.05) is 12.2 Å². The Bertz CT molecular complexity index is 1140. The lowest BCUT2D eigenvalue weighted by Crippen LogP contribution is -2.53. The second-order valence-electron chi connectivity index (χ2n) is 10.7. The average Bonchev–Trinajstić information content (AvgIpc) is 2.83. The van der Waals surface area contributed by atoms with E-state index in [1.807, 2.05) is 63.2 Å². The van der Waals surface area contributed by atoms with E-state index in [-0.39, 0.29) is 6.54 Å². The van der Waals surface area contributed by atoms with Crippen molar-refractivity contribution >= 4 is 29.5 Å². The first-order valence-electron chi connectivity index (χ1n) is 13.3. The fourth-order valence-corrected chi connectivity index (χ4v) is 4.09. The largest absolute Gasteiger partial charge is 0.444 e. The van der Waals surface area contributed by atoms with Crippen LogP contribution in [0.15, 0.2) is 48.5 Å². The van der Waals surface area contributed by atoms with Crippen LogP contribution < -0.4 is 16.4 Å². The first-order valence-corrected chi connectivity index (χ1v) is 13.3. The van der Waals surface area contributed by atoms with Crippen LogP contribution in [0.1, 0.15) is 76.1 Å². The van der Waals surface area contributed by atoms with E-state index in [0.717, 1.165) is 24.0 Å². The quantitative estimate of drug-likeness (QED) is 0.335. The summed E-state index contributed by atoms with van der Waals surface area (Å²) >= 11 is 0. The zero-order valence-electron chi connectivity index (χ0n) is 23.9. The fraction of sp³-hybridized carbons (Fsp3) is 0.467. The second kappa shape index (κ2) is 14.3. The number of para-hydroxylation sites is 1. The van der Waals surface area contributed by atoms with Gasteiger partial charge in [-0.15, -0.1) is 0 Å². The third kappa shape index (κ3) is 10.1. The molecule has 4 N–H and O–H groups in total. The molecule has 212 valence electrons. The van der Waals surface area contributed by atoms with Gasteiger partial charge in [-0.2, -0.15) is 0 Å². The molecule has 0 fully saturated rings. The SMILES string of the molecule is CCCCCN(C(=O)C(CC(N)=O)NC(=O)OC(C)(C)C)C(C(=O)Nc1ccccc1C)c1ccc(C)cc1. The molecule has 2 aromatic rings. The van der Waals surface area contributed by atoms with Gasteiger partial charge in [0.25, 0.3) is 5.91 Å². The van der Waals surface area contributed by atoms with E-state index in [4.69, 9.17) is 10.5 Å². The Morgan fingerprint density at radius 3 is 2.18 bits per heavy atom. The zero-order chi connectivity index (χ0) is 29.2. The summed E-state index contributed by atoms with van der Waals surface area (Å²) in [6.45, 7) is 11.2. The van der Waals surface area contributed by atoms with Crippen molar-refractivity contribution in [2.45, 2.75) is 84.9 Å². The van der Waals surface area contributed by atoms with E-state index in [1.54, 1.807) is 26.8 Å². The molecule has 4 amide bonds. The van der Waals surface area contributed by atoms with Crippen LogP contribution in [-0.2, 0) is 19.1 Å². The smallest absolute Gasteiger partial charge is 0.408 e. The molecular formula is C30H42N4O5. The Hall–Kier alpha value is -3.88. The van der Waals surface area contributed by atoms with Crippen LogP contribution in [0.2, 0.25) is 0 Å². The molecule has 0 spiro atoms. The van der Waals surface area contributed by atoms with Crippen LogP contribution in [-0.4, -0.2) is 46.9 Å². The topological polar surface area (TPSA) is 131 Å². The Morgan fingerprint density at radius 2 is 1.62 bits per heavy atom. The third-order valence-electron chi connectivity index (χ3n) is 6.04. The molecule has 0 aliphatic carbocycles. The molecule has 0 saturated heterocycles. The molecule has 0 aliphatic rings. The highest BCUT2D eigenvalue weighted by atomic mass is 16.6. The van der Waals surface area contributed by atoms with Crippen molar-refractivity contribution < 1.29 is 23.9 Å². The minimum atomic E-state index is -1.31. The van der Waals surface area contributed by atoms with Gasteiger partial charge in [0.1, 0.15) is 17.7 Å². The molecule has 0 aliphatic heterocycles. The molecule has 2 rings (SSSR count). The number of rotatable bonds is 12. The van der Waals surface area contributed by atoms with Crippen LogP contribution in [0.3, 0.4) is 0 Å². The predicted octanol–water partition coefficient (Wildman–Crippen LogP) is 4.77. The number of ether oxygens (including phenoxy) is 1. The van der Waals surface area contributed by atoms with Crippen LogP contribution in [0, 0.1) is 13.8 Å². The number of unbranched alkanes of at least 4 members (excludes halogenated alkanes) is 2. The maximum atomic E-state index is 14.0. The number of nitrogens with one attached hydrogen (secondary N) is 2. The van der Waals surface area contributed by atoms with E-state index < -0.39 is 47.9 Å². The third-order valence-corrected chi connectivity index (χ3v) is 6.04. The average molecular weight is 539 g/mol. The molecule has 0 radical (unpaired) electrons. The van der Waals surface area contributed by atoms with E-state index in [1.165, 1.54) is 4.90 Å². The van der Waals surface area contributed by atoms with Crippen molar-refractivity contribution in [3.8, 4) is 0 Å². The second-order valence-corrected chi connectivity index (χ2v) is 10.7. The number of hydrogen-bond donors (Lipinski definition) is 3. The number of amides is 4. The minimum absolute atomic E-state index is 0.234. The molecular weight excluding hydrogens is 496 g/mol. The number of nitrogens with zero attached hydrogens (tertiary/aromatic N) is 1. The molecule has 0 bridgehead atoms. The molecule has 0 heterocycles. The van der Waals surface area contributed by atoms with Gasteiger partial charge >= 0.3 is 6.09 Å². The summed E-state index contributed by atoms with van der Waals surface area (Å²) in [5, 5.41) is 5.47. The Kier molecular flexibility index (Phi) is 11.5. The lowest BCUT2D eigenvalue weighted by molar-refractivity contribution is -0.142. The Labute approximate surface area is 231 Å². The highest BCUT2D eigenvalue weighted by Gasteiger charge is 2.37. The van der Waals surface area contributed by atoms with Crippen LogP contribution in [0.25, 0.3) is 0 Å². The summed E-state index contributed by atoms with van der Waals surface area (Å²) in [6, 6.07) is 12.4. The maximum absolute atomic E-state index is 14.0.